The van der Waals surface area contributed by atoms with Crippen molar-refractivity contribution in [2.24, 2.45) is 11.5 Å². The molecular weight excluding hydrogens is 200 g/mol. The first kappa shape index (κ1) is 10.8. The van der Waals surface area contributed by atoms with Crippen LogP contribution in [0.1, 0.15) is 11.6 Å². The van der Waals surface area contributed by atoms with Gasteiger partial charge in [0.15, 0.2) is 0 Å². The van der Waals surface area contributed by atoms with Crippen LogP contribution >= 0.6 is 11.6 Å². The number of halogens is 1. The summed E-state index contributed by atoms with van der Waals surface area (Å²) in [5.41, 5.74) is 11.8. The predicted molar refractivity (Wildman–Crippen MR) is 56.7 cm³/mol. The van der Waals surface area contributed by atoms with E-state index in [2.05, 4.69) is 6.58 Å². The van der Waals surface area contributed by atoms with Gasteiger partial charge in [0.25, 0.3) is 0 Å². The number of benzene rings is 1. The molecule has 0 aliphatic heterocycles. The lowest BCUT2D eigenvalue weighted by molar-refractivity contribution is -0.114. The summed E-state index contributed by atoms with van der Waals surface area (Å²) < 4.78 is 0. The minimum atomic E-state index is -0.590. The van der Waals surface area contributed by atoms with Gasteiger partial charge in [-0.3, -0.25) is 4.79 Å². The van der Waals surface area contributed by atoms with Gasteiger partial charge in [-0.05, 0) is 17.7 Å². The van der Waals surface area contributed by atoms with Crippen molar-refractivity contribution in [3.05, 3.63) is 47.0 Å². The van der Waals surface area contributed by atoms with Crippen molar-refractivity contribution in [1.29, 1.82) is 0 Å². The van der Waals surface area contributed by atoms with Crippen LogP contribution in [0.4, 0.5) is 0 Å². The first-order chi connectivity index (χ1) is 6.52. The van der Waals surface area contributed by atoms with Crippen LogP contribution in [0.5, 0.6) is 0 Å². The fraction of sp³-hybridized carbons (Fsp3) is 0.100. The van der Waals surface area contributed by atoms with E-state index in [9.17, 15) is 4.79 Å². The van der Waals surface area contributed by atoms with Crippen LogP contribution in [-0.4, -0.2) is 5.91 Å². The molecule has 4 heteroatoms. The molecule has 1 aromatic rings. The maximum atomic E-state index is 10.8. The number of amides is 1. The monoisotopic (exact) mass is 210 g/mol. The molecule has 14 heavy (non-hydrogen) atoms. The van der Waals surface area contributed by atoms with Crippen LogP contribution in [0, 0.1) is 0 Å². The second kappa shape index (κ2) is 4.26. The molecule has 0 heterocycles. The summed E-state index contributed by atoms with van der Waals surface area (Å²) in [6, 6.07) is 6.31. The van der Waals surface area contributed by atoms with Crippen molar-refractivity contribution in [2.75, 3.05) is 0 Å². The summed E-state index contributed by atoms with van der Waals surface area (Å²) in [6.45, 7) is 3.52. The van der Waals surface area contributed by atoms with Crippen molar-refractivity contribution in [2.45, 2.75) is 6.04 Å². The summed E-state index contributed by atoms with van der Waals surface area (Å²) >= 11 is 5.70. The van der Waals surface area contributed by atoms with E-state index in [0.717, 1.165) is 5.56 Å². The van der Waals surface area contributed by atoms with E-state index in [1.807, 2.05) is 0 Å². The van der Waals surface area contributed by atoms with Crippen LogP contribution < -0.4 is 11.5 Å². The zero-order valence-electron chi connectivity index (χ0n) is 7.53. The second-order valence-electron chi connectivity index (χ2n) is 2.92. The molecule has 74 valence electrons. The van der Waals surface area contributed by atoms with Crippen molar-refractivity contribution < 1.29 is 4.79 Å². The minimum absolute atomic E-state index is 0.187. The molecular formula is C10H11ClN2O. The lowest BCUT2D eigenvalue weighted by atomic mass is 10.0. The van der Waals surface area contributed by atoms with Crippen molar-refractivity contribution >= 4 is 17.5 Å². The molecule has 4 N–H and O–H groups in total. The topological polar surface area (TPSA) is 69.1 Å². The van der Waals surface area contributed by atoms with E-state index >= 15 is 0 Å². The molecule has 0 spiro atoms. The molecule has 0 fully saturated rings. The van der Waals surface area contributed by atoms with Crippen molar-refractivity contribution in [3.8, 4) is 0 Å². The van der Waals surface area contributed by atoms with E-state index in [1.165, 1.54) is 0 Å². The highest BCUT2D eigenvalue weighted by Gasteiger charge is 2.13. The number of carbonyl (C=O) groups excluding carboxylic acids is 1. The Hall–Kier alpha value is -1.32. The van der Waals surface area contributed by atoms with Crippen LogP contribution in [0.2, 0.25) is 5.02 Å². The highest BCUT2D eigenvalue weighted by atomic mass is 35.5. The van der Waals surface area contributed by atoms with E-state index in [4.69, 9.17) is 23.1 Å². The summed E-state index contributed by atoms with van der Waals surface area (Å²) in [4.78, 5) is 10.8. The van der Waals surface area contributed by atoms with Gasteiger partial charge >= 0.3 is 0 Å². The zero-order chi connectivity index (χ0) is 10.7. The van der Waals surface area contributed by atoms with Gasteiger partial charge < -0.3 is 11.5 Å². The SMILES string of the molecule is C=C(C(N)=O)[C@@H](N)c1ccc(Cl)cc1. The van der Waals surface area contributed by atoms with Crippen molar-refractivity contribution in [1.82, 2.24) is 0 Å². The van der Waals surface area contributed by atoms with Gasteiger partial charge in [0.05, 0.1) is 6.04 Å². The second-order valence-corrected chi connectivity index (χ2v) is 3.36. The van der Waals surface area contributed by atoms with Gasteiger partial charge in [0, 0.05) is 10.6 Å². The average molecular weight is 211 g/mol. The Labute approximate surface area is 87.3 Å². The molecule has 0 aliphatic carbocycles. The van der Waals surface area contributed by atoms with E-state index in [0.29, 0.717) is 5.02 Å². The predicted octanol–water partition coefficient (Wildman–Crippen LogP) is 1.38. The fourth-order valence-corrected chi connectivity index (χ4v) is 1.15. The first-order valence-corrected chi connectivity index (χ1v) is 4.40. The fourth-order valence-electron chi connectivity index (χ4n) is 1.02. The summed E-state index contributed by atoms with van der Waals surface area (Å²) in [5.74, 6) is -0.590. The number of hydrogen-bond acceptors (Lipinski definition) is 2. The maximum Gasteiger partial charge on any atom is 0.245 e. The molecule has 1 aromatic carbocycles. The highest BCUT2D eigenvalue weighted by molar-refractivity contribution is 6.30. The van der Waals surface area contributed by atoms with Crippen LogP contribution in [0.25, 0.3) is 0 Å². The Morgan fingerprint density at radius 3 is 2.29 bits per heavy atom. The van der Waals surface area contributed by atoms with Crippen LogP contribution in [-0.2, 0) is 4.79 Å². The van der Waals surface area contributed by atoms with Gasteiger partial charge in [0.1, 0.15) is 0 Å². The molecule has 0 saturated carbocycles. The minimum Gasteiger partial charge on any atom is -0.366 e. The van der Waals surface area contributed by atoms with Gasteiger partial charge in [-0.25, -0.2) is 0 Å². The Bertz CT molecular complexity index is 359. The van der Waals surface area contributed by atoms with E-state index in [1.54, 1.807) is 24.3 Å². The molecule has 0 aliphatic rings. The number of nitrogens with two attached hydrogens (primary N) is 2. The first-order valence-electron chi connectivity index (χ1n) is 4.02. The Morgan fingerprint density at radius 2 is 1.86 bits per heavy atom. The van der Waals surface area contributed by atoms with Crippen LogP contribution in [0.15, 0.2) is 36.4 Å². The Balaban J connectivity index is 2.89. The normalized spacial score (nSPS) is 12.1. The Morgan fingerprint density at radius 1 is 1.36 bits per heavy atom. The summed E-state index contributed by atoms with van der Waals surface area (Å²) in [6.07, 6.45) is 0. The number of carbonyl (C=O) groups is 1. The number of primary amides is 1. The van der Waals surface area contributed by atoms with E-state index < -0.39 is 11.9 Å². The number of hydrogen-bond donors (Lipinski definition) is 2. The maximum absolute atomic E-state index is 10.8. The third kappa shape index (κ3) is 2.34. The molecule has 1 amide bonds. The van der Waals surface area contributed by atoms with Gasteiger partial charge in [-0.15, -0.1) is 0 Å². The zero-order valence-corrected chi connectivity index (χ0v) is 8.29. The lowest BCUT2D eigenvalue weighted by Crippen LogP contribution is -2.23. The third-order valence-electron chi connectivity index (χ3n) is 1.92. The standard InChI is InChI=1S/C10H11ClN2O/c1-6(10(13)14)9(12)7-2-4-8(11)5-3-7/h2-5,9H,1,12H2,(H2,13,14)/t9-/m1/s1. The van der Waals surface area contributed by atoms with Crippen molar-refractivity contribution in [3.63, 3.8) is 0 Å². The molecule has 0 bridgehead atoms. The third-order valence-corrected chi connectivity index (χ3v) is 2.17. The highest BCUT2D eigenvalue weighted by Crippen LogP contribution is 2.19. The molecule has 0 saturated heterocycles. The Kier molecular flexibility index (Phi) is 3.28. The molecule has 0 aromatic heterocycles. The summed E-state index contributed by atoms with van der Waals surface area (Å²) in [7, 11) is 0. The largest absolute Gasteiger partial charge is 0.366 e. The molecule has 0 unspecified atom stereocenters. The average Bonchev–Trinajstić information content (AvgIpc) is 2.16. The quantitative estimate of drug-likeness (QED) is 0.741. The van der Waals surface area contributed by atoms with E-state index in [-0.39, 0.29) is 5.57 Å². The molecule has 0 radical (unpaired) electrons. The molecule has 1 atom stereocenters. The molecule has 3 nitrogen and oxygen atoms in total. The van der Waals surface area contributed by atoms with Gasteiger partial charge in [0.2, 0.25) is 5.91 Å². The molecule has 1 rings (SSSR count). The summed E-state index contributed by atoms with van der Waals surface area (Å²) in [5, 5.41) is 0.616. The van der Waals surface area contributed by atoms with Gasteiger partial charge in [-0.1, -0.05) is 30.3 Å². The van der Waals surface area contributed by atoms with Gasteiger partial charge in [-0.2, -0.15) is 0 Å². The lowest BCUT2D eigenvalue weighted by Gasteiger charge is -2.12. The smallest absolute Gasteiger partial charge is 0.245 e. The number of rotatable bonds is 3. The van der Waals surface area contributed by atoms with Crippen LogP contribution in [0.3, 0.4) is 0 Å².